The van der Waals surface area contributed by atoms with Gasteiger partial charge in [0.15, 0.2) is 11.9 Å². The summed E-state index contributed by atoms with van der Waals surface area (Å²) in [5.41, 5.74) is 2.47. The van der Waals surface area contributed by atoms with Gasteiger partial charge in [-0.25, -0.2) is 4.79 Å². The number of aliphatic hydroxyl groups excluding tert-OH is 1. The van der Waals surface area contributed by atoms with E-state index in [9.17, 15) is 19.8 Å². The van der Waals surface area contributed by atoms with Crippen LogP contribution in [0.3, 0.4) is 0 Å². The van der Waals surface area contributed by atoms with Gasteiger partial charge in [-0.3, -0.25) is 4.79 Å². The third-order valence-corrected chi connectivity index (χ3v) is 7.32. The summed E-state index contributed by atoms with van der Waals surface area (Å²) in [4.78, 5) is 25.1. The molecule has 2 saturated heterocycles. The van der Waals surface area contributed by atoms with Crippen molar-refractivity contribution in [3.63, 3.8) is 0 Å². The number of esters is 2. The van der Waals surface area contributed by atoms with Crippen LogP contribution in [0.1, 0.15) is 60.8 Å². The normalized spacial score (nSPS) is 40.9. The zero-order chi connectivity index (χ0) is 22.9. The van der Waals surface area contributed by atoms with E-state index < -0.39 is 47.4 Å². The van der Waals surface area contributed by atoms with Crippen LogP contribution in [0, 0.1) is 17.8 Å². The van der Waals surface area contributed by atoms with Gasteiger partial charge in [0.05, 0.1) is 12.0 Å². The van der Waals surface area contributed by atoms with E-state index in [-0.39, 0.29) is 5.92 Å². The third kappa shape index (κ3) is 3.38. The first kappa shape index (κ1) is 22.2. The van der Waals surface area contributed by atoms with Gasteiger partial charge in [0.25, 0.3) is 0 Å². The first-order valence-electron chi connectivity index (χ1n) is 11.0. The second-order valence-corrected chi connectivity index (χ2v) is 9.96. The molecule has 3 aliphatic heterocycles. The van der Waals surface area contributed by atoms with Gasteiger partial charge >= 0.3 is 11.9 Å². The number of allylic oxidation sites excluding steroid dienone is 2. The highest BCUT2D eigenvalue weighted by molar-refractivity contribution is 5.81. The van der Waals surface area contributed by atoms with Crippen molar-refractivity contribution in [2.24, 2.45) is 17.8 Å². The summed E-state index contributed by atoms with van der Waals surface area (Å²) in [6.45, 7) is 11.1. The van der Waals surface area contributed by atoms with Crippen molar-refractivity contribution in [3.8, 4) is 0 Å². The zero-order valence-corrected chi connectivity index (χ0v) is 19.0. The van der Waals surface area contributed by atoms with Crippen molar-refractivity contribution < 1.29 is 34.0 Å². The lowest BCUT2D eigenvalue weighted by molar-refractivity contribution is -0.201. The molecule has 31 heavy (non-hydrogen) atoms. The van der Waals surface area contributed by atoms with E-state index in [1.54, 1.807) is 0 Å². The second kappa shape index (κ2) is 7.29. The fourth-order valence-corrected chi connectivity index (χ4v) is 5.62. The zero-order valence-electron chi connectivity index (χ0n) is 19.0. The molecule has 2 fully saturated rings. The standard InChI is InChI=1S/C24H32O7/c1-11(2)15-14-8-7-12(3)20-16-17(24(6,28)30-20)21(26)29-19(16)13(4)9-10-23(14,5)31-22(27)18(15)25/h7,11,16-18,20,25,28H,8-10H2,1-6H3/t16-,17+,18+,20-,23-,24+/m0/s1. The summed E-state index contributed by atoms with van der Waals surface area (Å²) in [6.07, 6.45) is 1.73. The number of fused-ring (bicyclic) bond motifs is 1. The molecule has 7 nitrogen and oxygen atoms in total. The lowest BCUT2D eigenvalue weighted by atomic mass is 9.77. The number of aliphatic hydroxyl groups is 2. The fourth-order valence-electron chi connectivity index (χ4n) is 5.62. The van der Waals surface area contributed by atoms with Crippen LogP contribution in [0.2, 0.25) is 0 Å². The number of carbonyl (C=O) groups excluding carboxylic acids is 2. The van der Waals surface area contributed by atoms with Gasteiger partial charge < -0.3 is 24.4 Å². The molecule has 0 aromatic carbocycles. The summed E-state index contributed by atoms with van der Waals surface area (Å²) in [5.74, 6) is -3.36. The smallest absolute Gasteiger partial charge is 0.340 e. The van der Waals surface area contributed by atoms with E-state index in [0.717, 1.165) is 16.7 Å². The summed E-state index contributed by atoms with van der Waals surface area (Å²) in [5, 5.41) is 21.4. The Morgan fingerprint density at radius 1 is 1.16 bits per heavy atom. The van der Waals surface area contributed by atoms with Crippen LogP contribution < -0.4 is 0 Å². The first-order valence-corrected chi connectivity index (χ1v) is 11.0. The lowest BCUT2D eigenvalue weighted by Crippen LogP contribution is -2.46. The minimum Gasteiger partial charge on any atom is -0.453 e. The van der Waals surface area contributed by atoms with Crippen LogP contribution in [-0.2, 0) is 23.8 Å². The van der Waals surface area contributed by atoms with E-state index in [1.165, 1.54) is 6.92 Å². The predicted octanol–water partition coefficient (Wildman–Crippen LogP) is 2.92. The van der Waals surface area contributed by atoms with Gasteiger partial charge in [0.2, 0.25) is 0 Å². The molecule has 0 amide bonds. The molecule has 2 N–H and O–H groups in total. The molecule has 0 unspecified atom stereocenters. The van der Waals surface area contributed by atoms with Gasteiger partial charge in [0.1, 0.15) is 17.3 Å². The Balaban J connectivity index is 1.87. The maximum absolute atomic E-state index is 12.6. The van der Waals surface area contributed by atoms with Crippen molar-refractivity contribution in [2.45, 2.75) is 84.4 Å². The van der Waals surface area contributed by atoms with Crippen molar-refractivity contribution in [2.75, 3.05) is 0 Å². The van der Waals surface area contributed by atoms with Gasteiger partial charge in [-0.1, -0.05) is 19.9 Å². The summed E-state index contributed by atoms with van der Waals surface area (Å²) in [7, 11) is 0. The van der Waals surface area contributed by atoms with Crippen LogP contribution in [0.15, 0.2) is 34.1 Å². The quantitative estimate of drug-likeness (QED) is 0.485. The van der Waals surface area contributed by atoms with Crippen molar-refractivity contribution in [1.82, 2.24) is 0 Å². The summed E-state index contributed by atoms with van der Waals surface area (Å²) < 4.78 is 17.4. The molecule has 0 saturated carbocycles. The third-order valence-electron chi connectivity index (χ3n) is 7.32. The SMILES string of the molecule is CC1=CCC2=C(C(C)C)[C@@H](O)C(=O)O[C@@]2(C)CCC(C)=C2OC(=O)[C@H]3[C@@H]2[C@H]1O[C@@]3(C)O. The van der Waals surface area contributed by atoms with Crippen LogP contribution in [0.5, 0.6) is 0 Å². The Bertz CT molecular complexity index is 922. The number of carbonyl (C=O) groups is 2. The van der Waals surface area contributed by atoms with Crippen molar-refractivity contribution >= 4 is 11.9 Å². The molecular formula is C24H32O7. The molecule has 0 aromatic heterocycles. The molecule has 4 rings (SSSR count). The molecule has 6 atom stereocenters. The predicted molar refractivity (Wildman–Crippen MR) is 111 cm³/mol. The monoisotopic (exact) mass is 432 g/mol. The fraction of sp³-hybridized carbons (Fsp3) is 0.667. The van der Waals surface area contributed by atoms with Gasteiger partial charge in [-0.05, 0) is 75.2 Å². The molecular weight excluding hydrogens is 400 g/mol. The Kier molecular flexibility index (Phi) is 5.23. The highest BCUT2D eigenvalue weighted by Gasteiger charge is 2.62. The average Bonchev–Trinajstić information content (AvgIpc) is 3.16. The molecule has 1 aliphatic carbocycles. The molecule has 3 heterocycles. The van der Waals surface area contributed by atoms with Crippen molar-refractivity contribution in [1.29, 1.82) is 0 Å². The first-order chi connectivity index (χ1) is 14.4. The van der Waals surface area contributed by atoms with Crippen LogP contribution >= 0.6 is 0 Å². The number of hydrogen-bond donors (Lipinski definition) is 2. The molecule has 0 aromatic rings. The Hall–Kier alpha value is -1.96. The lowest BCUT2D eigenvalue weighted by Gasteiger charge is -2.41. The van der Waals surface area contributed by atoms with E-state index in [1.807, 2.05) is 40.7 Å². The average molecular weight is 433 g/mol. The van der Waals surface area contributed by atoms with E-state index in [0.29, 0.717) is 30.6 Å². The minimum absolute atomic E-state index is 0.0244. The summed E-state index contributed by atoms with van der Waals surface area (Å²) in [6, 6.07) is 0. The molecule has 0 spiro atoms. The molecule has 4 aliphatic rings. The Labute approximate surface area is 182 Å². The Morgan fingerprint density at radius 2 is 1.84 bits per heavy atom. The number of ether oxygens (including phenoxy) is 3. The molecule has 170 valence electrons. The van der Waals surface area contributed by atoms with Gasteiger partial charge in [0, 0.05) is 0 Å². The maximum atomic E-state index is 12.6. The molecule has 0 radical (unpaired) electrons. The van der Waals surface area contributed by atoms with E-state index in [4.69, 9.17) is 14.2 Å². The van der Waals surface area contributed by atoms with Crippen LogP contribution in [0.4, 0.5) is 0 Å². The number of hydrogen-bond acceptors (Lipinski definition) is 7. The van der Waals surface area contributed by atoms with E-state index in [2.05, 4.69) is 0 Å². The molecule has 0 bridgehead atoms. The van der Waals surface area contributed by atoms with Crippen LogP contribution in [0.25, 0.3) is 0 Å². The Morgan fingerprint density at radius 3 is 2.48 bits per heavy atom. The van der Waals surface area contributed by atoms with E-state index >= 15 is 0 Å². The topological polar surface area (TPSA) is 102 Å². The van der Waals surface area contributed by atoms with Gasteiger partial charge in [-0.2, -0.15) is 0 Å². The minimum atomic E-state index is -1.61. The molecule has 7 heteroatoms. The highest BCUT2D eigenvalue weighted by Crippen LogP contribution is 2.52. The number of rotatable bonds is 1. The highest BCUT2D eigenvalue weighted by atomic mass is 16.7. The second-order valence-electron chi connectivity index (χ2n) is 9.96. The largest absolute Gasteiger partial charge is 0.453 e. The maximum Gasteiger partial charge on any atom is 0.340 e. The van der Waals surface area contributed by atoms with Gasteiger partial charge in [-0.15, -0.1) is 0 Å². The van der Waals surface area contributed by atoms with Crippen molar-refractivity contribution in [3.05, 3.63) is 34.1 Å². The van der Waals surface area contributed by atoms with Crippen LogP contribution in [-0.4, -0.2) is 45.7 Å². The summed E-state index contributed by atoms with van der Waals surface area (Å²) >= 11 is 0.